The maximum atomic E-state index is 6.16. The van der Waals surface area contributed by atoms with Gasteiger partial charge >= 0.3 is 0 Å². The van der Waals surface area contributed by atoms with Crippen molar-refractivity contribution >= 4 is 0 Å². The molecule has 1 aliphatic rings. The molecule has 0 saturated carbocycles. The van der Waals surface area contributed by atoms with Crippen molar-refractivity contribution in [3.63, 3.8) is 0 Å². The van der Waals surface area contributed by atoms with Crippen molar-refractivity contribution < 1.29 is 14.2 Å². The molecule has 1 aliphatic heterocycles. The van der Waals surface area contributed by atoms with Crippen molar-refractivity contribution in [1.82, 2.24) is 9.97 Å². The average Bonchev–Trinajstić information content (AvgIpc) is 2.97. The van der Waals surface area contributed by atoms with Crippen LogP contribution < -0.4 is 15.2 Å². The minimum Gasteiger partial charge on any atom is -0.480 e. The van der Waals surface area contributed by atoms with Crippen LogP contribution in [0.3, 0.4) is 0 Å². The lowest BCUT2D eigenvalue weighted by atomic mass is 10.0. The van der Waals surface area contributed by atoms with Crippen LogP contribution in [0.1, 0.15) is 37.4 Å². The second-order valence-electron chi connectivity index (χ2n) is 4.63. The zero-order chi connectivity index (χ0) is 13.7. The molecule has 2 rings (SSSR count). The van der Waals surface area contributed by atoms with E-state index in [4.69, 9.17) is 19.9 Å². The Morgan fingerprint density at radius 1 is 1.47 bits per heavy atom. The lowest BCUT2D eigenvalue weighted by Gasteiger charge is -2.16. The number of hydrogen-bond acceptors (Lipinski definition) is 6. The van der Waals surface area contributed by atoms with Gasteiger partial charge in [-0.05, 0) is 25.7 Å². The summed E-state index contributed by atoms with van der Waals surface area (Å²) in [7, 11) is 3.10. The first-order valence-corrected chi connectivity index (χ1v) is 6.56. The van der Waals surface area contributed by atoms with Gasteiger partial charge in [0.15, 0.2) is 0 Å². The van der Waals surface area contributed by atoms with Crippen LogP contribution >= 0.6 is 0 Å². The van der Waals surface area contributed by atoms with Crippen molar-refractivity contribution in [2.24, 2.45) is 5.73 Å². The maximum absolute atomic E-state index is 6.16. The van der Waals surface area contributed by atoms with Crippen molar-refractivity contribution in [3.8, 4) is 11.8 Å². The quantitative estimate of drug-likeness (QED) is 0.840. The molecular formula is C13H21N3O3. The normalized spacial score (nSPS) is 20.3. The van der Waals surface area contributed by atoms with Crippen molar-refractivity contribution in [3.05, 3.63) is 11.9 Å². The van der Waals surface area contributed by atoms with E-state index in [0.717, 1.165) is 32.3 Å². The van der Waals surface area contributed by atoms with E-state index in [-0.39, 0.29) is 6.04 Å². The third kappa shape index (κ3) is 3.54. The monoisotopic (exact) mass is 267 g/mol. The van der Waals surface area contributed by atoms with Crippen molar-refractivity contribution in [2.75, 3.05) is 20.8 Å². The highest BCUT2D eigenvalue weighted by Gasteiger charge is 2.20. The van der Waals surface area contributed by atoms with E-state index in [9.17, 15) is 0 Å². The first-order valence-electron chi connectivity index (χ1n) is 6.56. The van der Waals surface area contributed by atoms with Gasteiger partial charge in [0.2, 0.25) is 11.8 Å². The molecule has 19 heavy (non-hydrogen) atoms. The summed E-state index contributed by atoms with van der Waals surface area (Å²) >= 11 is 0. The number of nitrogens with two attached hydrogens (primary N) is 1. The van der Waals surface area contributed by atoms with Gasteiger partial charge in [0, 0.05) is 6.61 Å². The van der Waals surface area contributed by atoms with Crippen LogP contribution in [-0.2, 0) is 4.74 Å². The summed E-state index contributed by atoms with van der Waals surface area (Å²) in [5, 5.41) is 0. The van der Waals surface area contributed by atoms with Crippen LogP contribution in [0.15, 0.2) is 6.20 Å². The molecule has 1 aromatic rings. The Bertz CT molecular complexity index is 408. The van der Waals surface area contributed by atoms with Gasteiger partial charge in [-0.3, -0.25) is 0 Å². The first-order chi connectivity index (χ1) is 9.24. The molecule has 2 N–H and O–H groups in total. The molecule has 1 fully saturated rings. The number of aromatic nitrogens is 2. The number of rotatable bonds is 6. The van der Waals surface area contributed by atoms with E-state index in [1.807, 2.05) is 0 Å². The van der Waals surface area contributed by atoms with Gasteiger partial charge in [-0.25, -0.2) is 4.98 Å². The average molecular weight is 267 g/mol. The highest BCUT2D eigenvalue weighted by molar-refractivity contribution is 5.25. The molecule has 0 aliphatic carbocycles. The predicted octanol–water partition coefficient (Wildman–Crippen LogP) is 1.45. The van der Waals surface area contributed by atoms with Crippen LogP contribution in [0, 0.1) is 0 Å². The topological polar surface area (TPSA) is 79.5 Å². The molecule has 0 bridgehead atoms. The summed E-state index contributed by atoms with van der Waals surface area (Å²) in [6, 6.07) is -0.197. The van der Waals surface area contributed by atoms with Gasteiger partial charge in [-0.2, -0.15) is 4.98 Å². The molecule has 6 heteroatoms. The number of ether oxygens (including phenoxy) is 3. The van der Waals surface area contributed by atoms with E-state index < -0.39 is 0 Å². The molecule has 1 saturated heterocycles. The molecule has 0 spiro atoms. The van der Waals surface area contributed by atoms with Gasteiger partial charge in [0.25, 0.3) is 0 Å². The number of nitrogens with zero attached hydrogens (tertiary/aromatic N) is 2. The third-order valence-electron chi connectivity index (χ3n) is 3.32. The van der Waals surface area contributed by atoms with Gasteiger partial charge in [0.05, 0.1) is 32.6 Å². The Balaban J connectivity index is 1.98. The molecule has 0 amide bonds. The molecule has 0 radical (unpaired) electrons. The summed E-state index contributed by atoms with van der Waals surface area (Å²) in [5.74, 6) is 0.853. The van der Waals surface area contributed by atoms with E-state index >= 15 is 0 Å². The minimum absolute atomic E-state index is 0.197. The summed E-state index contributed by atoms with van der Waals surface area (Å²) in [4.78, 5) is 8.48. The van der Waals surface area contributed by atoms with Gasteiger partial charge in [-0.15, -0.1) is 0 Å². The minimum atomic E-state index is -0.197. The molecule has 0 aromatic carbocycles. The van der Waals surface area contributed by atoms with Crippen LogP contribution in [0.5, 0.6) is 11.8 Å². The number of hydrogen-bond donors (Lipinski definition) is 1. The van der Waals surface area contributed by atoms with Crippen LogP contribution in [0.25, 0.3) is 0 Å². The van der Waals surface area contributed by atoms with Crippen LogP contribution in [-0.4, -0.2) is 36.9 Å². The molecular weight excluding hydrogens is 246 g/mol. The number of methoxy groups -OCH3 is 2. The zero-order valence-corrected chi connectivity index (χ0v) is 11.5. The van der Waals surface area contributed by atoms with Gasteiger partial charge < -0.3 is 19.9 Å². The fourth-order valence-corrected chi connectivity index (χ4v) is 2.24. The zero-order valence-electron chi connectivity index (χ0n) is 11.5. The lowest BCUT2D eigenvalue weighted by molar-refractivity contribution is 0.100. The third-order valence-corrected chi connectivity index (χ3v) is 3.32. The Labute approximate surface area is 113 Å². The smallest absolute Gasteiger partial charge is 0.240 e. The molecule has 2 atom stereocenters. The first kappa shape index (κ1) is 14.0. The summed E-state index contributed by atoms with van der Waals surface area (Å²) in [6.45, 7) is 0.867. The molecule has 106 valence electrons. The van der Waals surface area contributed by atoms with E-state index in [1.54, 1.807) is 20.4 Å². The predicted molar refractivity (Wildman–Crippen MR) is 70.3 cm³/mol. The highest BCUT2D eigenvalue weighted by Crippen LogP contribution is 2.26. The molecule has 1 aromatic heterocycles. The van der Waals surface area contributed by atoms with Gasteiger partial charge in [0.1, 0.15) is 5.69 Å². The summed E-state index contributed by atoms with van der Waals surface area (Å²) in [6.07, 6.45) is 5.91. The Kier molecular flexibility index (Phi) is 4.93. The van der Waals surface area contributed by atoms with E-state index in [0.29, 0.717) is 23.6 Å². The van der Waals surface area contributed by atoms with Crippen molar-refractivity contribution in [2.45, 2.75) is 37.8 Å². The highest BCUT2D eigenvalue weighted by atomic mass is 16.5. The second kappa shape index (κ2) is 6.68. The largest absolute Gasteiger partial charge is 0.480 e. The van der Waals surface area contributed by atoms with Crippen LogP contribution in [0.2, 0.25) is 0 Å². The Morgan fingerprint density at radius 2 is 2.32 bits per heavy atom. The van der Waals surface area contributed by atoms with E-state index in [1.165, 1.54) is 0 Å². The second-order valence-corrected chi connectivity index (χ2v) is 4.63. The summed E-state index contributed by atoms with van der Waals surface area (Å²) < 4.78 is 15.8. The van der Waals surface area contributed by atoms with E-state index in [2.05, 4.69) is 9.97 Å². The molecule has 2 heterocycles. The fourth-order valence-electron chi connectivity index (χ4n) is 2.24. The SMILES string of the molecule is COc1cnc(C(N)CCC2CCCO2)c(OC)n1. The lowest BCUT2D eigenvalue weighted by Crippen LogP contribution is -2.17. The van der Waals surface area contributed by atoms with Gasteiger partial charge in [-0.1, -0.05) is 0 Å². The van der Waals surface area contributed by atoms with Crippen LogP contribution in [0.4, 0.5) is 0 Å². The Morgan fingerprint density at radius 3 is 2.95 bits per heavy atom. The molecule has 6 nitrogen and oxygen atoms in total. The van der Waals surface area contributed by atoms with Crippen molar-refractivity contribution in [1.29, 1.82) is 0 Å². The Hall–Kier alpha value is -1.40. The summed E-state index contributed by atoms with van der Waals surface area (Å²) in [5.41, 5.74) is 6.83. The fraction of sp³-hybridized carbons (Fsp3) is 0.692. The standard InChI is InChI=1S/C13H21N3O3/c1-17-11-8-15-12(13(16-11)18-2)10(14)6-5-9-4-3-7-19-9/h8-10H,3-7,14H2,1-2H3. The maximum Gasteiger partial charge on any atom is 0.240 e. The molecule has 2 unspecified atom stereocenters.